The van der Waals surface area contributed by atoms with E-state index in [1.807, 2.05) is 12.1 Å². The minimum Gasteiger partial charge on any atom is -0.367 e. The van der Waals surface area contributed by atoms with E-state index in [1.54, 1.807) is 6.20 Å². The Kier molecular flexibility index (Phi) is 6.38. The Morgan fingerprint density at radius 1 is 1.62 bits per heavy atom. The molecule has 0 aliphatic heterocycles. The lowest BCUT2D eigenvalue weighted by atomic mass is 10.3. The average Bonchev–Trinajstić information content (AvgIpc) is 2.29. The number of hydrogen-bond donors (Lipinski definition) is 1. The van der Waals surface area contributed by atoms with Crippen LogP contribution >= 0.6 is 39.9 Å². The summed E-state index contributed by atoms with van der Waals surface area (Å²) < 4.78 is 1.54. The molecule has 1 heterocycles. The molecule has 6 heteroatoms. The second-order valence-electron chi connectivity index (χ2n) is 2.89. The lowest BCUT2D eigenvalue weighted by Crippen LogP contribution is -2.18. The Morgan fingerprint density at radius 3 is 3.06 bits per heavy atom. The first-order valence-electron chi connectivity index (χ1n) is 4.60. The zero-order valence-electron chi connectivity index (χ0n) is 8.44. The van der Waals surface area contributed by atoms with E-state index in [4.69, 9.17) is 17.5 Å². The van der Waals surface area contributed by atoms with Crippen LogP contribution in [0.2, 0.25) is 0 Å². The molecule has 0 saturated heterocycles. The zero-order valence-corrected chi connectivity index (χ0v) is 11.7. The van der Waals surface area contributed by atoms with E-state index < -0.39 is 0 Å². The summed E-state index contributed by atoms with van der Waals surface area (Å²) in [6.45, 7) is 0.665. The molecule has 0 unspecified atom stereocenters. The van der Waals surface area contributed by atoms with Gasteiger partial charge in [0.2, 0.25) is 0 Å². The molecular weight excluding hydrogens is 306 g/mol. The van der Waals surface area contributed by atoms with Crippen LogP contribution in [-0.4, -0.2) is 15.1 Å². The second kappa shape index (κ2) is 7.60. The number of nitrogens with zero attached hydrogens (tertiary/aromatic N) is 2. The van der Waals surface area contributed by atoms with Crippen LogP contribution in [0.3, 0.4) is 0 Å². The van der Waals surface area contributed by atoms with Crippen molar-refractivity contribution < 1.29 is 0 Å². The number of hydrogen-bond acceptors (Lipinski definition) is 4. The van der Waals surface area contributed by atoms with Crippen molar-refractivity contribution in [2.75, 3.05) is 5.75 Å². The van der Waals surface area contributed by atoms with Crippen LogP contribution in [0.4, 0.5) is 0 Å². The molecule has 1 rings (SSSR count). The maximum atomic E-state index is 8.37. The molecule has 84 valence electrons. The third-order valence-corrected chi connectivity index (χ3v) is 3.45. The summed E-state index contributed by atoms with van der Waals surface area (Å²) in [6, 6.07) is 5.95. The van der Waals surface area contributed by atoms with Gasteiger partial charge >= 0.3 is 0 Å². The van der Waals surface area contributed by atoms with E-state index in [-0.39, 0.29) is 0 Å². The molecule has 0 bridgehead atoms. The van der Waals surface area contributed by atoms with Gasteiger partial charge in [0.15, 0.2) is 0 Å². The average molecular weight is 316 g/mol. The number of pyridine rings is 1. The Bertz CT molecular complexity index is 386. The molecule has 3 nitrogen and oxygen atoms in total. The van der Waals surface area contributed by atoms with E-state index in [0.29, 0.717) is 13.0 Å². The minimum atomic E-state index is 0.520. The second-order valence-corrected chi connectivity index (χ2v) is 5.47. The summed E-state index contributed by atoms with van der Waals surface area (Å²) in [6.07, 6.45) is 2.31. The first-order chi connectivity index (χ1) is 7.72. The highest BCUT2D eigenvalue weighted by Gasteiger charge is 1.98. The fourth-order valence-corrected chi connectivity index (χ4v) is 2.04. The van der Waals surface area contributed by atoms with Crippen molar-refractivity contribution in [1.29, 1.82) is 5.26 Å². The van der Waals surface area contributed by atoms with E-state index in [9.17, 15) is 0 Å². The third kappa shape index (κ3) is 5.45. The van der Waals surface area contributed by atoms with Crippen LogP contribution in [0.1, 0.15) is 12.0 Å². The highest BCUT2D eigenvalue weighted by Crippen LogP contribution is 2.08. The summed E-state index contributed by atoms with van der Waals surface area (Å²) >= 11 is 9.87. The third-order valence-electron chi connectivity index (χ3n) is 1.67. The molecule has 0 radical (unpaired) electrons. The van der Waals surface area contributed by atoms with E-state index in [1.165, 1.54) is 11.8 Å². The van der Waals surface area contributed by atoms with E-state index in [2.05, 4.69) is 32.3 Å². The van der Waals surface area contributed by atoms with Gasteiger partial charge in [0.1, 0.15) is 8.92 Å². The molecule has 0 aromatic carbocycles. The predicted molar refractivity (Wildman–Crippen MR) is 74.1 cm³/mol. The molecule has 16 heavy (non-hydrogen) atoms. The molecule has 0 saturated carbocycles. The van der Waals surface area contributed by atoms with Gasteiger partial charge in [-0.25, -0.2) is 4.98 Å². The largest absolute Gasteiger partial charge is 0.367 e. The maximum absolute atomic E-state index is 8.37. The van der Waals surface area contributed by atoms with Crippen LogP contribution in [-0.2, 0) is 6.54 Å². The van der Waals surface area contributed by atoms with Gasteiger partial charge in [-0.1, -0.05) is 30.0 Å². The zero-order chi connectivity index (χ0) is 11.8. The number of thiocarbonyl (C=S) groups is 1. The van der Waals surface area contributed by atoms with E-state index >= 15 is 0 Å². The highest BCUT2D eigenvalue weighted by molar-refractivity contribution is 9.10. The molecular formula is C10H10BrN3S2. The molecule has 0 atom stereocenters. The van der Waals surface area contributed by atoms with Crippen LogP contribution in [0.5, 0.6) is 0 Å². The van der Waals surface area contributed by atoms with Gasteiger partial charge < -0.3 is 5.32 Å². The number of nitrogens with one attached hydrogen (secondary N) is 1. The molecule has 0 aliphatic rings. The molecule has 1 aromatic heterocycles. The number of rotatable bonds is 4. The summed E-state index contributed by atoms with van der Waals surface area (Å²) in [4.78, 5) is 4.12. The first kappa shape index (κ1) is 13.4. The fourth-order valence-electron chi connectivity index (χ4n) is 0.926. The SMILES string of the molecule is N#CCCSC(=S)NCc1ccc(Br)nc1. The topological polar surface area (TPSA) is 48.7 Å². The molecule has 0 spiro atoms. The van der Waals surface area contributed by atoms with Gasteiger partial charge in [-0.2, -0.15) is 5.26 Å². The maximum Gasteiger partial charge on any atom is 0.134 e. The van der Waals surface area contributed by atoms with Crippen LogP contribution < -0.4 is 5.32 Å². The first-order valence-corrected chi connectivity index (χ1v) is 6.79. The van der Waals surface area contributed by atoms with Gasteiger partial charge in [0, 0.05) is 24.9 Å². The standard InChI is InChI=1S/C10H10BrN3S2/c11-9-3-2-8(6-13-9)7-14-10(15)16-5-1-4-12/h2-3,6H,1,5,7H2,(H,14,15). The van der Waals surface area contributed by atoms with Crippen molar-refractivity contribution in [3.05, 3.63) is 28.5 Å². The minimum absolute atomic E-state index is 0.520. The van der Waals surface area contributed by atoms with Crippen molar-refractivity contribution in [3.63, 3.8) is 0 Å². The quantitative estimate of drug-likeness (QED) is 0.526. The van der Waals surface area contributed by atoms with E-state index in [0.717, 1.165) is 20.2 Å². The summed E-state index contributed by atoms with van der Waals surface area (Å²) in [5, 5.41) is 11.5. The van der Waals surface area contributed by atoms with Gasteiger partial charge in [0.05, 0.1) is 6.07 Å². The summed E-state index contributed by atoms with van der Waals surface area (Å²) in [5.74, 6) is 0.737. The van der Waals surface area contributed by atoms with Gasteiger partial charge in [-0.3, -0.25) is 0 Å². The summed E-state index contributed by atoms with van der Waals surface area (Å²) in [7, 11) is 0. The predicted octanol–water partition coefficient (Wildman–Crippen LogP) is 2.87. The molecule has 0 amide bonds. The van der Waals surface area contributed by atoms with Crippen molar-refractivity contribution in [1.82, 2.24) is 10.3 Å². The van der Waals surface area contributed by atoms with Crippen molar-refractivity contribution >= 4 is 44.2 Å². The van der Waals surface area contributed by atoms with Crippen molar-refractivity contribution in [3.8, 4) is 6.07 Å². The number of nitriles is 1. The van der Waals surface area contributed by atoms with Crippen LogP contribution in [0.15, 0.2) is 22.9 Å². The lowest BCUT2D eigenvalue weighted by Gasteiger charge is -2.06. The Hall–Kier alpha value is -0.640. The van der Waals surface area contributed by atoms with Gasteiger partial charge in [-0.05, 0) is 27.6 Å². The monoisotopic (exact) mass is 315 g/mol. The smallest absolute Gasteiger partial charge is 0.134 e. The number of halogens is 1. The molecule has 1 N–H and O–H groups in total. The summed E-state index contributed by atoms with van der Waals surface area (Å²) in [5.41, 5.74) is 1.08. The van der Waals surface area contributed by atoms with Gasteiger partial charge in [0.25, 0.3) is 0 Å². The van der Waals surface area contributed by atoms with Crippen molar-refractivity contribution in [2.24, 2.45) is 0 Å². The Labute approximate surface area is 113 Å². The highest BCUT2D eigenvalue weighted by atomic mass is 79.9. The van der Waals surface area contributed by atoms with Crippen LogP contribution in [0.25, 0.3) is 0 Å². The molecule has 0 fully saturated rings. The number of aromatic nitrogens is 1. The Morgan fingerprint density at radius 2 is 2.44 bits per heavy atom. The molecule has 1 aromatic rings. The number of thioether (sulfide) groups is 1. The van der Waals surface area contributed by atoms with Crippen molar-refractivity contribution in [2.45, 2.75) is 13.0 Å². The van der Waals surface area contributed by atoms with Gasteiger partial charge in [-0.15, -0.1) is 0 Å². The molecule has 0 aliphatic carbocycles. The lowest BCUT2D eigenvalue weighted by molar-refractivity contribution is 0.927. The van der Waals surface area contributed by atoms with Crippen LogP contribution in [0, 0.1) is 11.3 Å². The Balaban J connectivity index is 2.26. The fraction of sp³-hybridized carbons (Fsp3) is 0.300. The normalized spacial score (nSPS) is 9.50.